The van der Waals surface area contributed by atoms with Gasteiger partial charge in [0.25, 0.3) is 0 Å². The number of rotatable bonds is 6. The fraction of sp³-hybridized carbons (Fsp3) is 1.00. The van der Waals surface area contributed by atoms with Gasteiger partial charge in [0.05, 0.1) is 50.7 Å². The zero-order valence-electron chi connectivity index (χ0n) is 8.53. The first-order chi connectivity index (χ1) is 7.12. The van der Waals surface area contributed by atoms with Crippen molar-refractivity contribution in [2.75, 3.05) is 39.6 Å². The Bertz CT molecular complexity index is 196. The second-order valence-corrected chi connectivity index (χ2v) is 4.37. The molecule has 2 heterocycles. The van der Waals surface area contributed by atoms with Gasteiger partial charge in [0.2, 0.25) is 0 Å². The minimum absolute atomic E-state index is 0.348. The molecule has 7 nitrogen and oxygen atoms in total. The Kier molecular flexibility index (Phi) is 3.21. The monoisotopic (exact) mass is 219 g/mol. The molecule has 2 fully saturated rings. The highest BCUT2D eigenvalue weighted by Crippen LogP contribution is 2.14. The molecule has 5 N–H and O–H groups in total. The topological polar surface area (TPSA) is 101 Å². The van der Waals surface area contributed by atoms with Crippen LogP contribution >= 0.6 is 0 Å². The zero-order valence-corrected chi connectivity index (χ0v) is 8.53. The Morgan fingerprint density at radius 2 is 1.33 bits per heavy atom. The maximum atomic E-state index is 5.82. The molecule has 0 radical (unpaired) electrons. The van der Waals surface area contributed by atoms with Gasteiger partial charge in [-0.05, 0) is 0 Å². The van der Waals surface area contributed by atoms with Gasteiger partial charge < -0.3 is 20.9 Å². The van der Waals surface area contributed by atoms with Crippen molar-refractivity contribution in [1.29, 1.82) is 0 Å². The van der Waals surface area contributed by atoms with Gasteiger partial charge in [-0.25, -0.2) is 0 Å². The molecule has 0 unspecified atom stereocenters. The fourth-order valence-electron chi connectivity index (χ4n) is 1.28. The summed E-state index contributed by atoms with van der Waals surface area (Å²) in [5.41, 5.74) is 13.2. The van der Waals surface area contributed by atoms with E-state index in [-0.39, 0.29) is 11.1 Å². The van der Waals surface area contributed by atoms with E-state index in [4.69, 9.17) is 30.6 Å². The lowest BCUT2D eigenvalue weighted by atomic mass is 10.0. The maximum absolute atomic E-state index is 5.82. The summed E-state index contributed by atoms with van der Waals surface area (Å²) in [4.78, 5) is 10.1. The van der Waals surface area contributed by atoms with Crippen LogP contribution in [-0.2, 0) is 19.1 Å². The third-order valence-electron chi connectivity index (χ3n) is 2.40. The lowest BCUT2D eigenvalue weighted by Crippen LogP contribution is -2.62. The van der Waals surface area contributed by atoms with E-state index >= 15 is 0 Å². The van der Waals surface area contributed by atoms with Crippen molar-refractivity contribution in [2.45, 2.75) is 11.1 Å². The number of nitrogens with one attached hydrogen (secondary N) is 1. The Hall–Kier alpha value is -0.280. The van der Waals surface area contributed by atoms with Gasteiger partial charge in [0, 0.05) is 0 Å². The number of hydrogen-bond acceptors (Lipinski definition) is 7. The molecule has 0 amide bonds. The summed E-state index contributed by atoms with van der Waals surface area (Å²) >= 11 is 0. The van der Waals surface area contributed by atoms with E-state index in [0.29, 0.717) is 39.6 Å². The maximum Gasteiger partial charge on any atom is 0.0934 e. The van der Waals surface area contributed by atoms with Crippen LogP contribution in [0.2, 0.25) is 0 Å². The van der Waals surface area contributed by atoms with E-state index in [1.165, 1.54) is 0 Å². The minimum atomic E-state index is -0.379. The van der Waals surface area contributed by atoms with Crippen LogP contribution in [-0.4, -0.2) is 50.7 Å². The van der Waals surface area contributed by atoms with E-state index < -0.39 is 0 Å². The van der Waals surface area contributed by atoms with Crippen LogP contribution in [0.5, 0.6) is 0 Å². The SMILES string of the molecule is NC1(CONOCC2(N)COC2)COC1. The summed E-state index contributed by atoms with van der Waals surface area (Å²) in [7, 11) is 0. The summed E-state index contributed by atoms with van der Waals surface area (Å²) in [6.07, 6.45) is 0. The number of nitrogens with two attached hydrogens (primary N) is 2. The van der Waals surface area contributed by atoms with Gasteiger partial charge in [-0.15, -0.1) is 0 Å². The first kappa shape index (κ1) is 11.2. The Morgan fingerprint density at radius 1 is 0.933 bits per heavy atom. The van der Waals surface area contributed by atoms with Gasteiger partial charge in [-0.1, -0.05) is 5.64 Å². The molecule has 0 saturated carbocycles. The standard InChI is InChI=1S/C8H17N3O4/c9-7(1-12-2-7)5-14-11-15-6-8(10)3-13-4-8/h11H,1-6,9-10H2. The van der Waals surface area contributed by atoms with Crippen molar-refractivity contribution in [3.8, 4) is 0 Å². The van der Waals surface area contributed by atoms with Crippen molar-refractivity contribution in [3.05, 3.63) is 0 Å². The lowest BCUT2D eigenvalue weighted by molar-refractivity contribution is -0.221. The smallest absolute Gasteiger partial charge is 0.0934 e. The Balaban J connectivity index is 1.48. The molecular formula is C8H17N3O4. The summed E-state index contributed by atoms with van der Waals surface area (Å²) < 4.78 is 9.93. The molecular weight excluding hydrogens is 202 g/mol. The molecule has 0 aromatic rings. The molecule has 2 rings (SSSR count). The predicted molar refractivity (Wildman–Crippen MR) is 50.5 cm³/mol. The Morgan fingerprint density at radius 3 is 1.60 bits per heavy atom. The van der Waals surface area contributed by atoms with E-state index in [1.54, 1.807) is 0 Å². The van der Waals surface area contributed by atoms with Gasteiger partial charge in [0.1, 0.15) is 0 Å². The van der Waals surface area contributed by atoms with Crippen molar-refractivity contribution in [2.24, 2.45) is 11.5 Å². The lowest BCUT2D eigenvalue weighted by Gasteiger charge is -2.38. The first-order valence-electron chi connectivity index (χ1n) is 4.84. The molecule has 0 aliphatic carbocycles. The van der Waals surface area contributed by atoms with Gasteiger partial charge >= 0.3 is 0 Å². The van der Waals surface area contributed by atoms with Crippen LogP contribution in [0, 0.1) is 0 Å². The van der Waals surface area contributed by atoms with Gasteiger partial charge in [-0.3, -0.25) is 9.68 Å². The average Bonchev–Trinajstić information content (AvgIpc) is 2.12. The second-order valence-electron chi connectivity index (χ2n) is 4.37. The van der Waals surface area contributed by atoms with Crippen LogP contribution in [0.4, 0.5) is 0 Å². The summed E-state index contributed by atoms with van der Waals surface area (Å²) in [6, 6.07) is 0. The van der Waals surface area contributed by atoms with Crippen molar-refractivity contribution in [1.82, 2.24) is 5.64 Å². The Labute approximate surface area is 87.9 Å². The molecule has 2 aliphatic heterocycles. The van der Waals surface area contributed by atoms with Crippen molar-refractivity contribution >= 4 is 0 Å². The fourth-order valence-corrected chi connectivity index (χ4v) is 1.28. The molecule has 2 saturated heterocycles. The third kappa shape index (κ3) is 2.85. The number of ether oxygens (including phenoxy) is 2. The number of hydrogen-bond donors (Lipinski definition) is 3. The summed E-state index contributed by atoms with van der Waals surface area (Å²) in [5, 5.41) is 0. The van der Waals surface area contributed by atoms with Crippen molar-refractivity contribution in [3.63, 3.8) is 0 Å². The molecule has 88 valence electrons. The molecule has 0 bridgehead atoms. The van der Waals surface area contributed by atoms with E-state index in [9.17, 15) is 0 Å². The molecule has 0 aromatic heterocycles. The van der Waals surface area contributed by atoms with Crippen LogP contribution in [0.3, 0.4) is 0 Å². The van der Waals surface area contributed by atoms with Crippen LogP contribution < -0.4 is 17.1 Å². The van der Waals surface area contributed by atoms with Crippen LogP contribution in [0.25, 0.3) is 0 Å². The second kappa shape index (κ2) is 4.30. The highest BCUT2D eigenvalue weighted by Gasteiger charge is 2.36. The summed E-state index contributed by atoms with van der Waals surface area (Å²) in [6.45, 7) is 2.77. The van der Waals surface area contributed by atoms with Crippen LogP contribution in [0.1, 0.15) is 0 Å². The average molecular weight is 219 g/mol. The van der Waals surface area contributed by atoms with Gasteiger partial charge in [0.15, 0.2) is 0 Å². The predicted octanol–water partition coefficient (Wildman–Crippen LogP) is -2.11. The zero-order chi connectivity index (χ0) is 10.8. The molecule has 0 aromatic carbocycles. The quantitative estimate of drug-likeness (QED) is 0.347. The van der Waals surface area contributed by atoms with Gasteiger partial charge in [-0.2, -0.15) is 0 Å². The third-order valence-corrected chi connectivity index (χ3v) is 2.40. The molecule has 2 aliphatic rings. The summed E-state index contributed by atoms with van der Waals surface area (Å²) in [5.74, 6) is 0. The molecule has 15 heavy (non-hydrogen) atoms. The van der Waals surface area contributed by atoms with Crippen molar-refractivity contribution < 1.29 is 19.1 Å². The highest BCUT2D eigenvalue weighted by molar-refractivity contribution is 4.90. The highest BCUT2D eigenvalue weighted by atomic mass is 16.9. The van der Waals surface area contributed by atoms with Crippen LogP contribution in [0.15, 0.2) is 0 Å². The van der Waals surface area contributed by atoms with E-state index in [1.807, 2.05) is 0 Å². The largest absolute Gasteiger partial charge is 0.377 e. The minimum Gasteiger partial charge on any atom is -0.377 e. The molecule has 0 atom stereocenters. The molecule has 0 spiro atoms. The first-order valence-corrected chi connectivity index (χ1v) is 4.84. The van der Waals surface area contributed by atoms with E-state index in [2.05, 4.69) is 5.64 Å². The normalized spacial score (nSPS) is 26.8. The van der Waals surface area contributed by atoms with E-state index in [0.717, 1.165) is 0 Å². The molecule has 7 heteroatoms.